The topological polar surface area (TPSA) is 59.4 Å². The van der Waals surface area contributed by atoms with E-state index in [-0.39, 0.29) is 11.9 Å². The van der Waals surface area contributed by atoms with Crippen LogP contribution in [-0.4, -0.2) is 28.3 Å². The minimum atomic E-state index is -0.208. The maximum Gasteiger partial charge on any atom is 0.249 e. The maximum atomic E-state index is 12.7. The smallest absolute Gasteiger partial charge is 0.249 e. The minimum absolute atomic E-state index is 0.0864. The quantitative estimate of drug-likeness (QED) is 0.687. The Balaban J connectivity index is 1.29. The Bertz CT molecular complexity index is 921. The van der Waals surface area contributed by atoms with Crippen molar-refractivity contribution < 1.29 is 9.53 Å². The first kappa shape index (κ1) is 18.3. The van der Waals surface area contributed by atoms with Crippen LogP contribution in [0.25, 0.3) is 0 Å². The van der Waals surface area contributed by atoms with Crippen LogP contribution in [0.3, 0.4) is 0 Å². The minimum Gasteiger partial charge on any atom is -0.374 e. The highest BCUT2D eigenvalue weighted by molar-refractivity contribution is 6.00. The molecule has 1 N–H and O–H groups in total. The summed E-state index contributed by atoms with van der Waals surface area (Å²) in [6.45, 7) is 1.86. The van der Waals surface area contributed by atoms with E-state index in [1.54, 1.807) is 15.8 Å². The Morgan fingerprint density at radius 1 is 1.07 bits per heavy atom. The molecule has 6 heteroatoms. The van der Waals surface area contributed by atoms with Crippen LogP contribution in [-0.2, 0) is 29.8 Å². The molecule has 1 aliphatic rings. The lowest BCUT2D eigenvalue weighted by Crippen LogP contribution is -2.33. The third kappa shape index (κ3) is 4.23. The largest absolute Gasteiger partial charge is 0.374 e. The van der Waals surface area contributed by atoms with Gasteiger partial charge in [-0.25, -0.2) is 0 Å². The van der Waals surface area contributed by atoms with E-state index in [1.807, 2.05) is 55.7 Å². The standard InChI is InChI=1S/C22H24N4O2/c1-25-14-20(13-23-25)26-12-11-21(22(26)27)24-19-9-7-18(8-10-19)16-28-15-17-5-3-2-4-6-17/h2-10,13-14,21,24H,11-12,15-16H2,1H3. The predicted octanol–water partition coefficient (Wildman–Crippen LogP) is 3.35. The van der Waals surface area contributed by atoms with Crippen molar-refractivity contribution in [2.24, 2.45) is 7.05 Å². The number of hydrogen-bond donors (Lipinski definition) is 1. The third-order valence-corrected chi connectivity index (χ3v) is 4.88. The molecule has 0 saturated carbocycles. The van der Waals surface area contributed by atoms with E-state index in [9.17, 15) is 4.79 Å². The van der Waals surface area contributed by atoms with E-state index in [4.69, 9.17) is 4.74 Å². The Kier molecular flexibility index (Phi) is 5.39. The van der Waals surface area contributed by atoms with Gasteiger partial charge in [0, 0.05) is 25.5 Å². The van der Waals surface area contributed by atoms with Crippen LogP contribution in [0.5, 0.6) is 0 Å². The van der Waals surface area contributed by atoms with Gasteiger partial charge in [0.25, 0.3) is 0 Å². The van der Waals surface area contributed by atoms with Crippen molar-refractivity contribution in [2.75, 3.05) is 16.8 Å². The molecule has 6 nitrogen and oxygen atoms in total. The monoisotopic (exact) mass is 376 g/mol. The number of carbonyl (C=O) groups is 1. The van der Waals surface area contributed by atoms with Crippen molar-refractivity contribution in [3.05, 3.63) is 78.1 Å². The van der Waals surface area contributed by atoms with Gasteiger partial charge in [-0.05, 0) is 29.7 Å². The molecular formula is C22H24N4O2. The fourth-order valence-corrected chi connectivity index (χ4v) is 3.38. The van der Waals surface area contributed by atoms with Crippen LogP contribution in [0.2, 0.25) is 0 Å². The number of carbonyl (C=O) groups excluding carboxylic acids is 1. The third-order valence-electron chi connectivity index (χ3n) is 4.88. The summed E-state index contributed by atoms with van der Waals surface area (Å²) in [6.07, 6.45) is 4.37. The Morgan fingerprint density at radius 3 is 2.46 bits per heavy atom. The highest BCUT2D eigenvalue weighted by Crippen LogP contribution is 2.23. The van der Waals surface area contributed by atoms with E-state index in [1.165, 1.54) is 5.56 Å². The van der Waals surface area contributed by atoms with Crippen molar-refractivity contribution in [2.45, 2.75) is 25.7 Å². The molecule has 0 spiro atoms. The highest BCUT2D eigenvalue weighted by Gasteiger charge is 2.33. The fourth-order valence-electron chi connectivity index (χ4n) is 3.38. The number of aromatic nitrogens is 2. The van der Waals surface area contributed by atoms with Gasteiger partial charge in [0.05, 0.1) is 25.1 Å². The first-order valence-corrected chi connectivity index (χ1v) is 9.46. The summed E-state index contributed by atoms with van der Waals surface area (Å²) in [5.41, 5.74) is 4.07. The van der Waals surface area contributed by atoms with Crippen molar-refractivity contribution in [1.29, 1.82) is 0 Å². The zero-order valence-corrected chi connectivity index (χ0v) is 15.9. The number of ether oxygens (including phenoxy) is 1. The summed E-state index contributed by atoms with van der Waals surface area (Å²) < 4.78 is 7.48. The number of benzene rings is 2. The van der Waals surface area contributed by atoms with Crippen molar-refractivity contribution in [3.8, 4) is 0 Å². The van der Waals surface area contributed by atoms with Crippen molar-refractivity contribution in [1.82, 2.24) is 9.78 Å². The summed E-state index contributed by atoms with van der Waals surface area (Å²) >= 11 is 0. The van der Waals surface area contributed by atoms with E-state index in [0.717, 1.165) is 23.4 Å². The Morgan fingerprint density at radius 2 is 1.79 bits per heavy atom. The fraction of sp³-hybridized carbons (Fsp3) is 0.273. The molecule has 1 atom stereocenters. The second-order valence-corrected chi connectivity index (χ2v) is 7.02. The summed E-state index contributed by atoms with van der Waals surface area (Å²) in [5, 5.41) is 7.50. The zero-order chi connectivity index (χ0) is 19.3. The van der Waals surface area contributed by atoms with E-state index in [2.05, 4.69) is 22.5 Å². The molecule has 1 fully saturated rings. The van der Waals surface area contributed by atoms with Gasteiger partial charge in [-0.2, -0.15) is 5.10 Å². The molecule has 28 heavy (non-hydrogen) atoms. The molecule has 4 rings (SSSR count). The van der Waals surface area contributed by atoms with Gasteiger partial charge in [-0.15, -0.1) is 0 Å². The SMILES string of the molecule is Cn1cc(N2CCC(Nc3ccc(COCc4ccccc4)cc3)C2=O)cn1. The molecule has 2 heterocycles. The molecule has 1 unspecified atom stereocenters. The Labute approximate surface area is 164 Å². The molecule has 3 aromatic rings. The normalized spacial score (nSPS) is 16.5. The molecule has 0 aliphatic carbocycles. The van der Waals surface area contributed by atoms with Gasteiger partial charge in [0.15, 0.2) is 0 Å². The van der Waals surface area contributed by atoms with Crippen molar-refractivity contribution in [3.63, 3.8) is 0 Å². The second-order valence-electron chi connectivity index (χ2n) is 7.02. The van der Waals surface area contributed by atoms with Gasteiger partial charge >= 0.3 is 0 Å². The summed E-state index contributed by atoms with van der Waals surface area (Å²) in [7, 11) is 1.85. The first-order valence-electron chi connectivity index (χ1n) is 9.46. The van der Waals surface area contributed by atoms with Gasteiger partial charge in [-0.1, -0.05) is 42.5 Å². The molecule has 1 saturated heterocycles. The number of hydrogen-bond acceptors (Lipinski definition) is 4. The number of nitrogens with one attached hydrogen (secondary N) is 1. The first-order chi connectivity index (χ1) is 13.7. The van der Waals surface area contributed by atoms with Crippen molar-refractivity contribution >= 4 is 17.3 Å². The molecule has 144 valence electrons. The van der Waals surface area contributed by atoms with Crippen LogP contribution in [0.15, 0.2) is 67.0 Å². The van der Waals surface area contributed by atoms with E-state index in [0.29, 0.717) is 19.8 Å². The summed E-state index contributed by atoms with van der Waals surface area (Å²) in [6, 6.07) is 18.0. The number of rotatable bonds is 7. The van der Waals surface area contributed by atoms with Crippen LogP contribution in [0.4, 0.5) is 11.4 Å². The Hall–Kier alpha value is -3.12. The van der Waals surface area contributed by atoms with Crippen LogP contribution in [0, 0.1) is 0 Å². The maximum absolute atomic E-state index is 12.7. The molecule has 1 amide bonds. The summed E-state index contributed by atoms with van der Waals surface area (Å²) in [4.78, 5) is 14.5. The van der Waals surface area contributed by atoms with E-state index >= 15 is 0 Å². The second kappa shape index (κ2) is 8.27. The van der Waals surface area contributed by atoms with Gasteiger partial charge in [0.1, 0.15) is 6.04 Å². The van der Waals surface area contributed by atoms with Crippen LogP contribution in [0.1, 0.15) is 17.5 Å². The average Bonchev–Trinajstić information content (AvgIpc) is 3.30. The number of amides is 1. The van der Waals surface area contributed by atoms with Gasteiger partial charge in [0.2, 0.25) is 5.91 Å². The van der Waals surface area contributed by atoms with Crippen LogP contribution >= 0.6 is 0 Å². The highest BCUT2D eigenvalue weighted by atomic mass is 16.5. The molecule has 1 aromatic heterocycles. The number of nitrogens with zero attached hydrogens (tertiary/aromatic N) is 3. The van der Waals surface area contributed by atoms with Gasteiger partial charge < -0.3 is 15.0 Å². The van der Waals surface area contributed by atoms with Gasteiger partial charge in [-0.3, -0.25) is 9.48 Å². The number of aryl methyl sites for hydroxylation is 1. The molecule has 2 aromatic carbocycles. The lowest BCUT2D eigenvalue weighted by molar-refractivity contribution is -0.117. The molecule has 0 radical (unpaired) electrons. The van der Waals surface area contributed by atoms with Crippen LogP contribution < -0.4 is 10.2 Å². The lowest BCUT2D eigenvalue weighted by Gasteiger charge is -2.16. The zero-order valence-electron chi connectivity index (χ0n) is 15.9. The average molecular weight is 376 g/mol. The summed E-state index contributed by atoms with van der Waals surface area (Å²) in [5.74, 6) is 0.0864. The molecule has 0 bridgehead atoms. The molecular weight excluding hydrogens is 352 g/mol. The van der Waals surface area contributed by atoms with E-state index < -0.39 is 0 Å². The predicted molar refractivity (Wildman–Crippen MR) is 109 cm³/mol. The lowest BCUT2D eigenvalue weighted by atomic mass is 10.2. The molecule has 1 aliphatic heterocycles. The number of anilines is 2.